The number of carbonyl (C=O) groups excluding carboxylic acids is 2. The van der Waals surface area contributed by atoms with Gasteiger partial charge in [-0.1, -0.05) is 84.2 Å². The van der Waals surface area contributed by atoms with Gasteiger partial charge >= 0.3 is 0 Å². The van der Waals surface area contributed by atoms with Gasteiger partial charge in [-0.05, 0) is 57.0 Å². The number of nitrogens with one attached hydrogen (secondary N) is 1. The van der Waals surface area contributed by atoms with Crippen LogP contribution in [0.25, 0.3) is 0 Å². The van der Waals surface area contributed by atoms with E-state index >= 15 is 0 Å². The van der Waals surface area contributed by atoms with Crippen molar-refractivity contribution in [3.63, 3.8) is 0 Å². The Morgan fingerprint density at radius 1 is 0.923 bits per heavy atom. The molecule has 0 saturated carbocycles. The smallest absolute Gasteiger partial charge is 0.264 e. The maximum atomic E-state index is 13.9. The molecular formula is C29H33Cl2N3O4S. The van der Waals surface area contributed by atoms with Crippen molar-refractivity contribution in [3.8, 4) is 0 Å². The van der Waals surface area contributed by atoms with Crippen LogP contribution < -0.4 is 9.62 Å². The Bertz CT molecular complexity index is 1400. The van der Waals surface area contributed by atoms with Crippen molar-refractivity contribution >= 4 is 50.7 Å². The summed E-state index contributed by atoms with van der Waals surface area (Å²) in [6.07, 6.45) is 0.723. The number of hydrogen-bond acceptors (Lipinski definition) is 4. The van der Waals surface area contributed by atoms with Crippen LogP contribution in [0.5, 0.6) is 0 Å². The highest BCUT2D eigenvalue weighted by molar-refractivity contribution is 7.92. The molecule has 0 saturated heterocycles. The fraction of sp³-hybridized carbons (Fsp3) is 0.310. The monoisotopic (exact) mass is 589 g/mol. The number of halogens is 2. The zero-order chi connectivity index (χ0) is 28.7. The van der Waals surface area contributed by atoms with Gasteiger partial charge in [-0.25, -0.2) is 8.42 Å². The fourth-order valence-corrected chi connectivity index (χ4v) is 5.75. The van der Waals surface area contributed by atoms with Gasteiger partial charge in [0.2, 0.25) is 11.8 Å². The lowest BCUT2D eigenvalue weighted by Crippen LogP contribution is -2.52. The second-order valence-electron chi connectivity index (χ2n) is 9.40. The minimum absolute atomic E-state index is 0.000815. The van der Waals surface area contributed by atoms with Crippen LogP contribution in [0.15, 0.2) is 77.7 Å². The Morgan fingerprint density at radius 3 is 2.18 bits per heavy atom. The molecule has 0 fully saturated rings. The van der Waals surface area contributed by atoms with Gasteiger partial charge in [0.25, 0.3) is 10.0 Å². The first-order valence-electron chi connectivity index (χ1n) is 12.6. The Hall–Kier alpha value is -3.07. The Balaban J connectivity index is 2.05. The Kier molecular flexibility index (Phi) is 10.4. The van der Waals surface area contributed by atoms with E-state index in [1.807, 2.05) is 45.0 Å². The Morgan fingerprint density at radius 2 is 1.56 bits per heavy atom. The summed E-state index contributed by atoms with van der Waals surface area (Å²) in [5.74, 6) is -0.902. The number of hydrogen-bond donors (Lipinski definition) is 1. The van der Waals surface area contributed by atoms with Crippen molar-refractivity contribution in [3.05, 3.63) is 94.0 Å². The van der Waals surface area contributed by atoms with Gasteiger partial charge in [0.05, 0.1) is 20.6 Å². The number of amides is 2. The van der Waals surface area contributed by atoms with E-state index in [1.165, 1.54) is 29.2 Å². The van der Waals surface area contributed by atoms with Crippen LogP contribution in [0.3, 0.4) is 0 Å². The highest BCUT2D eigenvalue weighted by atomic mass is 35.5. The number of nitrogens with zero attached hydrogens (tertiary/aromatic N) is 2. The first kappa shape index (κ1) is 30.5. The van der Waals surface area contributed by atoms with E-state index in [-0.39, 0.29) is 39.1 Å². The van der Waals surface area contributed by atoms with E-state index in [1.54, 1.807) is 31.2 Å². The van der Waals surface area contributed by atoms with Gasteiger partial charge < -0.3 is 10.2 Å². The molecule has 7 nitrogen and oxygen atoms in total. The number of benzene rings is 3. The van der Waals surface area contributed by atoms with Crippen molar-refractivity contribution in [2.24, 2.45) is 0 Å². The van der Waals surface area contributed by atoms with Crippen molar-refractivity contribution in [2.75, 3.05) is 10.8 Å². The van der Waals surface area contributed by atoms with Crippen LogP contribution >= 0.6 is 23.2 Å². The predicted octanol–water partition coefficient (Wildman–Crippen LogP) is 5.83. The van der Waals surface area contributed by atoms with Gasteiger partial charge in [0.15, 0.2) is 0 Å². The maximum absolute atomic E-state index is 13.9. The number of aryl methyl sites for hydroxylation is 1. The number of rotatable bonds is 11. The summed E-state index contributed by atoms with van der Waals surface area (Å²) in [6, 6.07) is 19.0. The lowest BCUT2D eigenvalue weighted by Gasteiger charge is -2.32. The summed E-state index contributed by atoms with van der Waals surface area (Å²) in [6.45, 7) is 6.93. The van der Waals surface area contributed by atoms with Crippen molar-refractivity contribution in [2.45, 2.75) is 57.6 Å². The molecule has 3 aromatic rings. The van der Waals surface area contributed by atoms with E-state index in [2.05, 4.69) is 5.32 Å². The largest absolute Gasteiger partial charge is 0.352 e. The molecule has 0 radical (unpaired) electrons. The first-order valence-corrected chi connectivity index (χ1v) is 14.8. The third-order valence-electron chi connectivity index (χ3n) is 6.45. The molecule has 0 aliphatic heterocycles. The highest BCUT2D eigenvalue weighted by Crippen LogP contribution is 2.35. The molecule has 0 unspecified atom stereocenters. The minimum Gasteiger partial charge on any atom is -0.352 e. The SMILES string of the molecule is CC[C@H](C)NC(=O)[C@H](C)N(Cc1ccc(C)cc1)C(=O)CN(c1cccc(Cl)c1Cl)S(=O)(=O)c1ccccc1. The number of sulfonamides is 1. The molecule has 3 aromatic carbocycles. The van der Waals surface area contributed by atoms with Crippen molar-refractivity contribution in [1.29, 1.82) is 0 Å². The second kappa shape index (κ2) is 13.3. The highest BCUT2D eigenvalue weighted by Gasteiger charge is 2.33. The predicted molar refractivity (Wildman–Crippen MR) is 157 cm³/mol. The molecule has 0 aliphatic rings. The first-order chi connectivity index (χ1) is 18.4. The van der Waals surface area contributed by atoms with Crippen LogP contribution in [-0.2, 0) is 26.2 Å². The summed E-state index contributed by atoms with van der Waals surface area (Å²) >= 11 is 12.7. The number of anilines is 1. The molecule has 0 heterocycles. The number of carbonyl (C=O) groups is 2. The lowest BCUT2D eigenvalue weighted by molar-refractivity contribution is -0.139. The van der Waals surface area contributed by atoms with Crippen molar-refractivity contribution in [1.82, 2.24) is 10.2 Å². The molecule has 1 N–H and O–H groups in total. The summed E-state index contributed by atoms with van der Waals surface area (Å²) in [7, 11) is -4.23. The molecule has 2 amide bonds. The van der Waals surface area contributed by atoms with Gasteiger partial charge in [-0.2, -0.15) is 0 Å². The molecule has 10 heteroatoms. The minimum atomic E-state index is -4.23. The quantitative estimate of drug-likeness (QED) is 0.305. The lowest BCUT2D eigenvalue weighted by atomic mass is 10.1. The van der Waals surface area contributed by atoms with Gasteiger partial charge in [-0.15, -0.1) is 0 Å². The standard InChI is InChI=1S/C29H33Cl2N3O4S/c1-5-21(3)32-29(36)22(4)33(18-23-16-14-20(2)15-17-23)27(35)19-34(26-13-9-12-25(30)28(26)31)39(37,38)24-10-7-6-8-11-24/h6-17,21-22H,5,18-19H2,1-4H3,(H,32,36)/t21-,22-/m0/s1. The second-order valence-corrected chi connectivity index (χ2v) is 12.0. The van der Waals surface area contributed by atoms with E-state index in [4.69, 9.17) is 23.2 Å². The van der Waals surface area contributed by atoms with E-state index < -0.39 is 28.5 Å². The fourth-order valence-electron chi connectivity index (χ4n) is 3.86. The molecule has 0 spiro atoms. The molecule has 3 rings (SSSR count). The summed E-state index contributed by atoms with van der Waals surface area (Å²) in [4.78, 5) is 28.4. The topological polar surface area (TPSA) is 86.8 Å². The molecular weight excluding hydrogens is 557 g/mol. The van der Waals surface area contributed by atoms with E-state index in [9.17, 15) is 18.0 Å². The van der Waals surface area contributed by atoms with Crippen molar-refractivity contribution < 1.29 is 18.0 Å². The third-order valence-corrected chi connectivity index (χ3v) is 9.03. The van der Waals surface area contributed by atoms with Crippen LogP contribution in [0.2, 0.25) is 10.0 Å². The zero-order valence-corrected chi connectivity index (χ0v) is 24.7. The molecule has 208 valence electrons. The van der Waals surface area contributed by atoms with Gasteiger partial charge in [-0.3, -0.25) is 13.9 Å². The Labute approximate surface area is 240 Å². The maximum Gasteiger partial charge on any atom is 0.264 e. The van der Waals surface area contributed by atoms with Gasteiger partial charge in [0.1, 0.15) is 12.6 Å². The van der Waals surface area contributed by atoms with E-state index in [0.717, 1.165) is 21.9 Å². The molecule has 0 aliphatic carbocycles. The molecule has 0 bridgehead atoms. The summed E-state index contributed by atoms with van der Waals surface area (Å²) in [5, 5.41) is 3.06. The molecule has 0 aromatic heterocycles. The van der Waals surface area contributed by atoms with Gasteiger partial charge in [0, 0.05) is 12.6 Å². The molecule has 39 heavy (non-hydrogen) atoms. The average Bonchev–Trinajstić information content (AvgIpc) is 2.92. The van der Waals surface area contributed by atoms with Crippen LogP contribution in [0.4, 0.5) is 5.69 Å². The van der Waals surface area contributed by atoms with Crippen LogP contribution in [0, 0.1) is 6.92 Å². The van der Waals surface area contributed by atoms with E-state index in [0.29, 0.717) is 0 Å². The third kappa shape index (κ3) is 7.53. The molecule has 2 atom stereocenters. The normalized spacial score (nSPS) is 12.9. The zero-order valence-electron chi connectivity index (χ0n) is 22.4. The van der Waals surface area contributed by atoms with Crippen LogP contribution in [0.1, 0.15) is 38.3 Å². The van der Waals surface area contributed by atoms with Crippen LogP contribution in [-0.4, -0.2) is 43.8 Å². The summed E-state index contributed by atoms with van der Waals surface area (Å²) < 4.78 is 28.6. The average molecular weight is 591 g/mol. The summed E-state index contributed by atoms with van der Waals surface area (Å²) in [5.41, 5.74) is 1.92.